The van der Waals surface area contributed by atoms with Gasteiger partial charge in [0.1, 0.15) is 71.8 Å². The second-order valence-corrected chi connectivity index (χ2v) is 10.8. The molecule has 17 nitrogen and oxygen atoms in total. The molecule has 17 heteroatoms. The van der Waals surface area contributed by atoms with E-state index in [1.54, 1.807) is 0 Å². The summed E-state index contributed by atoms with van der Waals surface area (Å²) in [4.78, 5) is 25.1. The first-order valence-corrected chi connectivity index (χ1v) is 13.9. The number of hydrogen-bond donors (Lipinski definition) is 9. The molecule has 0 unspecified atom stereocenters. The van der Waals surface area contributed by atoms with Crippen molar-refractivity contribution in [3.05, 3.63) is 40.6 Å². The summed E-state index contributed by atoms with van der Waals surface area (Å²) < 4.78 is 33.0. The zero-order chi connectivity index (χ0) is 33.6. The Balaban J connectivity index is 1.58. The van der Waals surface area contributed by atoms with Gasteiger partial charge in [-0.15, -0.1) is 0 Å². The summed E-state index contributed by atoms with van der Waals surface area (Å²) in [7, 11) is 0. The van der Waals surface area contributed by atoms with Crippen molar-refractivity contribution in [3.63, 3.8) is 0 Å². The third-order valence-corrected chi connectivity index (χ3v) is 7.56. The van der Waals surface area contributed by atoms with Crippen molar-refractivity contribution >= 4 is 16.9 Å². The quantitative estimate of drug-likeness (QED) is 0.104. The molecule has 2 aliphatic rings. The largest absolute Gasteiger partial charge is 0.507 e. The zero-order valence-corrected chi connectivity index (χ0v) is 24.2. The molecule has 0 aliphatic carbocycles. The van der Waals surface area contributed by atoms with E-state index in [1.807, 2.05) is 0 Å². The summed E-state index contributed by atoms with van der Waals surface area (Å²) in [5, 5.41) is 92.1. The molecule has 10 atom stereocenters. The molecule has 2 aromatic carbocycles. The molecule has 2 aliphatic heterocycles. The minimum absolute atomic E-state index is 0.0607. The summed E-state index contributed by atoms with van der Waals surface area (Å²) in [6, 6.07) is 5.40. The third-order valence-electron chi connectivity index (χ3n) is 7.56. The fourth-order valence-electron chi connectivity index (χ4n) is 5.00. The highest BCUT2D eigenvalue weighted by Gasteiger charge is 2.46. The number of carbonyl (C=O) groups is 1. The van der Waals surface area contributed by atoms with E-state index in [0.29, 0.717) is 0 Å². The Hall–Kier alpha value is -4.20. The Labute approximate surface area is 258 Å². The van der Waals surface area contributed by atoms with Gasteiger partial charge in [-0.1, -0.05) is 0 Å². The van der Waals surface area contributed by atoms with E-state index < -0.39 is 114 Å². The number of aromatic hydroxyl groups is 3. The van der Waals surface area contributed by atoms with Crippen molar-refractivity contribution in [2.24, 2.45) is 0 Å². The molecule has 0 radical (unpaired) electrons. The van der Waals surface area contributed by atoms with Crippen LogP contribution in [0.4, 0.5) is 0 Å². The predicted molar refractivity (Wildman–Crippen MR) is 150 cm³/mol. The molecule has 0 spiro atoms. The van der Waals surface area contributed by atoms with Crippen LogP contribution in [0.5, 0.6) is 28.7 Å². The summed E-state index contributed by atoms with van der Waals surface area (Å²) in [5.41, 5.74) is -1.45. The van der Waals surface area contributed by atoms with Crippen molar-refractivity contribution in [1.82, 2.24) is 0 Å². The average molecular weight is 653 g/mol. The fraction of sp³-hybridized carbons (Fsp3) is 0.448. The van der Waals surface area contributed by atoms with Crippen LogP contribution in [0.15, 0.2) is 39.5 Å². The molecule has 9 N–H and O–H groups in total. The number of ether oxygens (including phenoxy) is 5. The first-order valence-electron chi connectivity index (χ1n) is 13.9. The number of phenolic OH excluding ortho intramolecular Hbond substituents is 3. The van der Waals surface area contributed by atoms with Gasteiger partial charge in [0.25, 0.3) is 0 Å². The lowest BCUT2D eigenvalue weighted by Crippen LogP contribution is -2.60. The third kappa shape index (κ3) is 6.26. The first kappa shape index (κ1) is 33.2. The lowest BCUT2D eigenvalue weighted by Gasteiger charge is -2.39. The summed E-state index contributed by atoms with van der Waals surface area (Å²) >= 11 is 0. The fourth-order valence-corrected chi connectivity index (χ4v) is 5.00. The molecule has 46 heavy (non-hydrogen) atoms. The molecule has 2 saturated heterocycles. The minimum Gasteiger partial charge on any atom is -0.507 e. The Morgan fingerprint density at radius 2 is 1.43 bits per heavy atom. The number of rotatable bonds is 7. The van der Waals surface area contributed by atoms with E-state index in [2.05, 4.69) is 0 Å². The van der Waals surface area contributed by atoms with Crippen LogP contribution < -0.4 is 14.9 Å². The number of carbonyl (C=O) groups excluding carboxylic acids is 1. The Bertz CT molecular complexity index is 1650. The van der Waals surface area contributed by atoms with Crippen molar-refractivity contribution in [2.45, 2.75) is 75.3 Å². The van der Waals surface area contributed by atoms with Crippen LogP contribution in [0.3, 0.4) is 0 Å². The van der Waals surface area contributed by atoms with Gasteiger partial charge in [-0.2, -0.15) is 0 Å². The molecule has 0 amide bonds. The van der Waals surface area contributed by atoms with Gasteiger partial charge in [0, 0.05) is 24.6 Å². The van der Waals surface area contributed by atoms with Gasteiger partial charge in [0.2, 0.25) is 23.8 Å². The average Bonchev–Trinajstić information content (AvgIpc) is 3.00. The number of hydrogen-bond acceptors (Lipinski definition) is 17. The molecule has 1 aromatic heterocycles. The number of benzene rings is 2. The normalized spacial score (nSPS) is 31.4. The van der Waals surface area contributed by atoms with E-state index in [9.17, 15) is 55.5 Å². The van der Waals surface area contributed by atoms with Crippen LogP contribution >= 0.6 is 0 Å². The van der Waals surface area contributed by atoms with Gasteiger partial charge < -0.3 is 74.1 Å². The van der Waals surface area contributed by atoms with Gasteiger partial charge in [-0.25, -0.2) is 0 Å². The van der Waals surface area contributed by atoms with Crippen molar-refractivity contribution in [1.29, 1.82) is 0 Å². The minimum atomic E-state index is -1.96. The molecule has 250 valence electrons. The number of fused-ring (bicyclic) bond motifs is 1. The van der Waals surface area contributed by atoms with Crippen molar-refractivity contribution in [3.8, 4) is 40.1 Å². The van der Waals surface area contributed by atoms with Crippen LogP contribution in [-0.4, -0.2) is 120 Å². The van der Waals surface area contributed by atoms with Gasteiger partial charge in [0.05, 0.1) is 6.10 Å². The zero-order valence-electron chi connectivity index (χ0n) is 24.2. The van der Waals surface area contributed by atoms with E-state index in [-0.39, 0.29) is 16.9 Å². The first-order chi connectivity index (χ1) is 21.7. The van der Waals surface area contributed by atoms with E-state index >= 15 is 0 Å². The Morgan fingerprint density at radius 1 is 0.783 bits per heavy atom. The van der Waals surface area contributed by atoms with Crippen LogP contribution in [0, 0.1) is 0 Å². The smallest absolute Gasteiger partial charge is 0.302 e. The number of esters is 1. The van der Waals surface area contributed by atoms with E-state index in [4.69, 9.17) is 28.1 Å². The molecular weight excluding hydrogens is 620 g/mol. The maximum Gasteiger partial charge on any atom is 0.302 e. The van der Waals surface area contributed by atoms with Crippen LogP contribution in [0.2, 0.25) is 0 Å². The van der Waals surface area contributed by atoms with Crippen molar-refractivity contribution in [2.75, 3.05) is 6.61 Å². The van der Waals surface area contributed by atoms with Crippen LogP contribution in [0.25, 0.3) is 22.3 Å². The lowest BCUT2D eigenvalue weighted by molar-refractivity contribution is -0.278. The molecule has 2 fully saturated rings. The maximum atomic E-state index is 13.9. The highest BCUT2D eigenvalue weighted by molar-refractivity contribution is 5.88. The van der Waals surface area contributed by atoms with Crippen molar-refractivity contribution < 1.29 is 78.9 Å². The Morgan fingerprint density at radius 3 is 2.09 bits per heavy atom. The summed E-state index contributed by atoms with van der Waals surface area (Å²) in [6.07, 6.45) is -16.1. The van der Waals surface area contributed by atoms with Gasteiger partial charge in [-0.05, 0) is 25.1 Å². The van der Waals surface area contributed by atoms with Gasteiger partial charge >= 0.3 is 5.97 Å². The van der Waals surface area contributed by atoms with Crippen LogP contribution in [0.1, 0.15) is 13.8 Å². The monoisotopic (exact) mass is 652 g/mol. The number of aliphatic hydroxyl groups excluding tert-OH is 6. The SMILES string of the molecule is CC(=O)OC[C@H]1O[C@@H](Oc2c(-c3ccc(O)c(O)c3)oc3cc(O[C@@H]4O[C@@H](C)[C@H](O)[C@@H](O)[C@H]4O)cc(O)c3c2=O)[C@H](O)[C@@H](O)[C@H]1O. The van der Waals surface area contributed by atoms with Gasteiger partial charge in [0.15, 0.2) is 17.3 Å². The standard InChI is InChI=1S/C29H32O17/c1-9-19(34)22(37)24(39)28(42-9)43-12-6-15(33)18-16(7-12)44-26(11-3-4-13(31)14(32)5-11)27(21(18)36)46-29-25(40)23(38)20(35)17(45-29)8-41-10(2)30/h3-7,9,17,19-20,22-25,28-29,31-35,37-40H,8H2,1-2H3/t9-,17+,19-,20-,22+,23-,24+,25+,28-,29-/m0/s1. The molecule has 0 saturated carbocycles. The summed E-state index contributed by atoms with van der Waals surface area (Å²) in [6.45, 7) is 1.97. The topological polar surface area (TPSA) is 275 Å². The second-order valence-electron chi connectivity index (χ2n) is 10.8. The Kier molecular flexibility index (Phi) is 9.30. The number of aliphatic hydroxyl groups is 6. The number of phenols is 3. The van der Waals surface area contributed by atoms with E-state index in [1.165, 1.54) is 13.0 Å². The molecule has 3 aromatic rings. The predicted octanol–water partition coefficient (Wildman–Crippen LogP) is -1.47. The van der Waals surface area contributed by atoms with Crippen LogP contribution in [-0.2, 0) is 19.0 Å². The highest BCUT2D eigenvalue weighted by atomic mass is 16.7. The highest BCUT2D eigenvalue weighted by Crippen LogP contribution is 2.40. The maximum absolute atomic E-state index is 13.9. The molecule has 5 rings (SSSR count). The molecular formula is C29H32O17. The van der Waals surface area contributed by atoms with E-state index in [0.717, 1.165) is 31.2 Å². The molecule has 0 bridgehead atoms. The second kappa shape index (κ2) is 12.9. The molecule has 3 heterocycles. The van der Waals surface area contributed by atoms with Gasteiger partial charge in [-0.3, -0.25) is 9.59 Å². The lowest BCUT2D eigenvalue weighted by atomic mass is 9.99. The summed E-state index contributed by atoms with van der Waals surface area (Å²) in [5.74, 6) is -3.96.